The number of hydrogen-bond donors (Lipinski definition) is 2. The molecule has 0 heterocycles. The molecule has 0 saturated heterocycles. The first kappa shape index (κ1) is 70.8. The minimum absolute atomic E-state index is 0.00466. The van der Waals surface area contributed by atoms with Crippen LogP contribution in [0, 0.1) is 0 Å². The van der Waals surface area contributed by atoms with E-state index in [0.717, 1.165) is 25.7 Å². The summed E-state index contributed by atoms with van der Waals surface area (Å²) in [6, 6.07) is 0. The van der Waals surface area contributed by atoms with E-state index in [-0.39, 0.29) is 77.6 Å². The van der Waals surface area contributed by atoms with Gasteiger partial charge >= 0.3 is 30.1 Å². The van der Waals surface area contributed by atoms with Gasteiger partial charge in [-0.25, -0.2) is 9.59 Å². The fraction of sp³-hybridized carbons (Fsp3) is 0.915. The molecule has 0 aromatic rings. The average Bonchev–Trinajstić information content (AvgIpc) is 3.30. The largest absolute Gasteiger partial charge is 0.460 e. The highest BCUT2D eigenvalue weighted by atomic mass is 16.6. The van der Waals surface area contributed by atoms with E-state index in [1.54, 1.807) is 62.3 Å². The molecule has 0 radical (unpaired) electrons. The van der Waals surface area contributed by atoms with Crippen molar-refractivity contribution in [1.29, 1.82) is 0 Å². The number of nitrogens with one attached hydrogen (secondary N) is 2. The topological polar surface area (TPSA) is 183 Å². The van der Waals surface area contributed by atoms with Crippen LogP contribution in [0.25, 0.3) is 0 Å². The molecule has 1 unspecified atom stereocenters. The summed E-state index contributed by atoms with van der Waals surface area (Å²) in [5.74, 6) is -1.49. The van der Waals surface area contributed by atoms with Crippen molar-refractivity contribution in [3.05, 3.63) is 0 Å². The SMILES string of the molecule is CCCCCCCCCCCCCCOCC(CNC(=O)OCCOCCOC(=O)NC(CCC(=O)OC(C)(C)C)(CCC(=O)OC(C)(C)C)CCC(=O)OC(C)(C)C)OCCCCCCCCCCCCCC. The van der Waals surface area contributed by atoms with Crippen LogP contribution in [0.1, 0.15) is 269 Å². The van der Waals surface area contributed by atoms with E-state index in [1.807, 2.05) is 0 Å². The number of carbonyl (C=O) groups is 5. The Hall–Kier alpha value is -3.17. The van der Waals surface area contributed by atoms with Crippen molar-refractivity contribution in [3.63, 3.8) is 0 Å². The van der Waals surface area contributed by atoms with Gasteiger partial charge in [-0.3, -0.25) is 14.4 Å². The predicted octanol–water partition coefficient (Wildman–Crippen LogP) is 14.4. The zero-order chi connectivity index (χ0) is 55.4. The van der Waals surface area contributed by atoms with Crippen LogP contribution in [0.3, 0.4) is 0 Å². The van der Waals surface area contributed by atoms with Crippen LogP contribution in [0.15, 0.2) is 0 Å². The second-order valence-electron chi connectivity index (χ2n) is 23.3. The third-order valence-electron chi connectivity index (χ3n) is 12.2. The number of unbranched alkanes of at least 4 members (excludes halogenated alkanes) is 22. The fourth-order valence-electron chi connectivity index (χ4n) is 8.37. The molecule has 15 nitrogen and oxygen atoms in total. The number of alkyl carbamates (subject to hydrolysis) is 2. The fourth-order valence-corrected chi connectivity index (χ4v) is 8.37. The van der Waals surface area contributed by atoms with Crippen LogP contribution in [0.5, 0.6) is 0 Å². The smallest absolute Gasteiger partial charge is 0.407 e. The Morgan fingerprint density at radius 3 is 1.09 bits per heavy atom. The molecule has 0 rings (SSSR count). The average molecular weight is 1060 g/mol. The Kier molecular flexibility index (Phi) is 42.0. The molecule has 0 aliphatic carbocycles. The van der Waals surface area contributed by atoms with Crippen molar-refractivity contribution >= 4 is 30.1 Å². The summed E-state index contributed by atoms with van der Waals surface area (Å²) in [6.45, 7) is 22.2. The van der Waals surface area contributed by atoms with Gasteiger partial charge in [0.05, 0.1) is 25.9 Å². The molecule has 1 atom stereocenters. The van der Waals surface area contributed by atoms with Crippen LogP contribution >= 0.6 is 0 Å². The van der Waals surface area contributed by atoms with Crippen molar-refractivity contribution in [2.45, 2.75) is 297 Å². The van der Waals surface area contributed by atoms with E-state index in [9.17, 15) is 24.0 Å². The molecule has 74 heavy (non-hydrogen) atoms. The number of esters is 3. The van der Waals surface area contributed by atoms with E-state index >= 15 is 0 Å². The van der Waals surface area contributed by atoms with Gasteiger partial charge in [-0.2, -0.15) is 0 Å². The first-order valence-electron chi connectivity index (χ1n) is 29.4. The van der Waals surface area contributed by atoms with Gasteiger partial charge in [0.1, 0.15) is 30.0 Å². The van der Waals surface area contributed by atoms with Gasteiger partial charge in [-0.15, -0.1) is 0 Å². The maximum Gasteiger partial charge on any atom is 0.407 e. The maximum absolute atomic E-state index is 13.3. The number of hydrogen-bond acceptors (Lipinski definition) is 13. The molecule has 0 aliphatic heterocycles. The van der Waals surface area contributed by atoms with Gasteiger partial charge in [0.15, 0.2) is 0 Å². The zero-order valence-corrected chi connectivity index (χ0v) is 49.3. The molecule has 2 N–H and O–H groups in total. The third kappa shape index (κ3) is 48.5. The van der Waals surface area contributed by atoms with Gasteiger partial charge in [-0.1, -0.05) is 155 Å². The molecule has 0 aromatic carbocycles. The molecule has 436 valence electrons. The number of rotatable bonds is 47. The lowest BCUT2D eigenvalue weighted by atomic mass is 9.83. The summed E-state index contributed by atoms with van der Waals surface area (Å²) in [4.78, 5) is 64.7. The monoisotopic (exact) mass is 1060 g/mol. The molecule has 2 amide bonds. The minimum atomic E-state index is -1.24. The summed E-state index contributed by atoms with van der Waals surface area (Å²) < 4.78 is 45.3. The molecule has 15 heteroatoms. The maximum atomic E-state index is 13.3. The van der Waals surface area contributed by atoms with Crippen LogP contribution < -0.4 is 10.6 Å². The molecular formula is C59H112N2O13. The normalized spacial score (nSPS) is 12.5. The third-order valence-corrected chi connectivity index (χ3v) is 12.2. The van der Waals surface area contributed by atoms with Crippen molar-refractivity contribution in [2.75, 3.05) is 52.8 Å². The Labute approximate surface area is 451 Å². The Balaban J connectivity index is 5.10. The van der Waals surface area contributed by atoms with E-state index in [1.165, 1.54) is 128 Å². The Morgan fingerprint density at radius 2 is 0.730 bits per heavy atom. The summed E-state index contributed by atoms with van der Waals surface area (Å²) in [5, 5.41) is 5.68. The van der Waals surface area contributed by atoms with Crippen LogP contribution in [0.4, 0.5) is 9.59 Å². The molecule has 0 saturated carbocycles. The summed E-state index contributed by atoms with van der Waals surface area (Å²) in [6.07, 6.45) is 28.9. The quantitative estimate of drug-likeness (QED) is 0.0334. The lowest BCUT2D eigenvalue weighted by Crippen LogP contribution is -2.50. The Morgan fingerprint density at radius 1 is 0.392 bits per heavy atom. The second kappa shape index (κ2) is 43.9. The molecule has 0 aromatic heterocycles. The second-order valence-corrected chi connectivity index (χ2v) is 23.3. The number of ether oxygens (including phenoxy) is 8. The van der Waals surface area contributed by atoms with Crippen molar-refractivity contribution < 1.29 is 61.9 Å². The van der Waals surface area contributed by atoms with E-state index in [0.29, 0.717) is 19.8 Å². The first-order chi connectivity index (χ1) is 35.1. The highest BCUT2D eigenvalue weighted by molar-refractivity contribution is 5.73. The van der Waals surface area contributed by atoms with Crippen LogP contribution in [-0.2, 0) is 52.3 Å². The lowest BCUT2D eigenvalue weighted by Gasteiger charge is -2.35. The van der Waals surface area contributed by atoms with Gasteiger partial charge in [0.25, 0.3) is 0 Å². The molecular weight excluding hydrogens is 945 g/mol. The van der Waals surface area contributed by atoms with Gasteiger partial charge in [0.2, 0.25) is 0 Å². The van der Waals surface area contributed by atoms with Gasteiger partial charge < -0.3 is 48.5 Å². The molecule has 0 spiro atoms. The minimum Gasteiger partial charge on any atom is -0.460 e. The standard InChI is InChI=1S/C59H112N2O13/c1-12-14-16-18-20-22-24-26-28-30-32-34-42-68-49-50(69-43-35-33-31-29-27-25-23-21-19-17-15-13-2)48-60-54(65)70-46-44-67-45-47-71-55(66)61-59(39-36-51(62)72-56(3,4)5,40-37-52(63)73-57(6,7)8)41-38-53(64)74-58(9,10)11/h50H,12-49H2,1-11H3,(H,60,65)(H,61,66). The first-order valence-corrected chi connectivity index (χ1v) is 29.4. The van der Waals surface area contributed by atoms with E-state index < -0.39 is 52.4 Å². The molecule has 0 fully saturated rings. The number of carbonyl (C=O) groups excluding carboxylic acids is 5. The van der Waals surface area contributed by atoms with Gasteiger partial charge in [-0.05, 0) is 94.4 Å². The predicted molar refractivity (Wildman–Crippen MR) is 295 cm³/mol. The van der Waals surface area contributed by atoms with E-state index in [2.05, 4.69) is 24.5 Å². The molecule has 0 aliphatic rings. The van der Waals surface area contributed by atoms with Crippen LogP contribution in [0.2, 0.25) is 0 Å². The zero-order valence-electron chi connectivity index (χ0n) is 49.3. The lowest BCUT2D eigenvalue weighted by molar-refractivity contribution is -0.155. The molecule has 0 bridgehead atoms. The van der Waals surface area contributed by atoms with Crippen molar-refractivity contribution in [2.24, 2.45) is 0 Å². The summed E-state index contributed by atoms with van der Waals surface area (Å²) >= 11 is 0. The van der Waals surface area contributed by atoms with Crippen molar-refractivity contribution in [3.8, 4) is 0 Å². The highest BCUT2D eigenvalue weighted by Gasteiger charge is 2.36. The van der Waals surface area contributed by atoms with Gasteiger partial charge in [0, 0.05) is 44.6 Å². The van der Waals surface area contributed by atoms with Crippen LogP contribution in [-0.4, -0.2) is 111 Å². The number of amides is 2. The summed E-state index contributed by atoms with van der Waals surface area (Å²) in [5.41, 5.74) is -3.45. The van der Waals surface area contributed by atoms with Crippen molar-refractivity contribution in [1.82, 2.24) is 10.6 Å². The summed E-state index contributed by atoms with van der Waals surface area (Å²) in [7, 11) is 0. The highest BCUT2D eigenvalue weighted by Crippen LogP contribution is 2.29. The van der Waals surface area contributed by atoms with E-state index in [4.69, 9.17) is 37.9 Å². The Bertz CT molecular complexity index is 1340.